The number of hydrogen-bond acceptors (Lipinski definition) is 3. The monoisotopic (exact) mass is 346 g/mol. The summed E-state index contributed by atoms with van der Waals surface area (Å²) < 4.78 is 0. The van der Waals surface area contributed by atoms with Gasteiger partial charge in [-0.15, -0.1) is 11.8 Å². The Bertz CT molecular complexity index is 594. The molecule has 20 heavy (non-hydrogen) atoms. The van der Waals surface area contributed by atoms with E-state index in [1.807, 2.05) is 38.1 Å². The third-order valence-electron chi connectivity index (χ3n) is 2.67. The molecule has 0 radical (unpaired) electrons. The Morgan fingerprint density at radius 3 is 2.20 bits per heavy atom. The van der Waals surface area contributed by atoms with Crippen molar-refractivity contribution in [3.8, 4) is 0 Å². The average Bonchev–Trinajstić information content (AvgIpc) is 2.36. The Morgan fingerprint density at radius 2 is 1.65 bits per heavy atom. The molecule has 0 unspecified atom stereocenters. The third kappa shape index (κ3) is 3.79. The van der Waals surface area contributed by atoms with Crippen LogP contribution < -0.4 is 0 Å². The molecule has 2 aromatic rings. The Morgan fingerprint density at radius 1 is 1.05 bits per heavy atom. The van der Waals surface area contributed by atoms with Crippen molar-refractivity contribution >= 4 is 46.6 Å². The molecule has 0 spiro atoms. The van der Waals surface area contributed by atoms with Crippen LogP contribution in [0, 0.1) is 0 Å². The first-order valence-corrected chi connectivity index (χ1v) is 8.20. The second-order valence-corrected chi connectivity index (χ2v) is 6.65. The summed E-state index contributed by atoms with van der Waals surface area (Å²) in [5.41, 5.74) is 0.792. The molecule has 0 fully saturated rings. The minimum Gasteiger partial charge on any atom is -0.220 e. The number of rotatable bonds is 4. The highest BCUT2D eigenvalue weighted by Crippen LogP contribution is 2.32. The van der Waals surface area contributed by atoms with E-state index < -0.39 is 0 Å². The number of halogens is 3. The lowest BCUT2D eigenvalue weighted by atomic mass is 10.1. The van der Waals surface area contributed by atoms with Crippen LogP contribution in [0.5, 0.6) is 0 Å². The van der Waals surface area contributed by atoms with Gasteiger partial charge in [0, 0.05) is 10.5 Å². The van der Waals surface area contributed by atoms with E-state index in [0.29, 0.717) is 26.9 Å². The first kappa shape index (κ1) is 15.9. The molecule has 1 aromatic heterocycles. The van der Waals surface area contributed by atoms with Gasteiger partial charge in [0.1, 0.15) is 16.1 Å². The van der Waals surface area contributed by atoms with E-state index in [2.05, 4.69) is 9.97 Å². The SMILES string of the molecule is CC(C)c1c(Cl)nc(CSc2ccccc2Cl)nc1Cl. The molecule has 0 atom stereocenters. The molecule has 0 aliphatic heterocycles. The second-order valence-electron chi connectivity index (χ2n) is 4.51. The molecular formula is C14H13Cl3N2S. The highest BCUT2D eigenvalue weighted by molar-refractivity contribution is 7.98. The molecule has 0 aliphatic carbocycles. The molecule has 6 heteroatoms. The van der Waals surface area contributed by atoms with Gasteiger partial charge in [0.2, 0.25) is 0 Å². The van der Waals surface area contributed by atoms with Gasteiger partial charge >= 0.3 is 0 Å². The van der Waals surface area contributed by atoms with Crippen molar-refractivity contribution < 1.29 is 0 Å². The number of nitrogens with zero attached hydrogens (tertiary/aromatic N) is 2. The zero-order valence-electron chi connectivity index (χ0n) is 11.0. The number of benzene rings is 1. The normalized spacial score (nSPS) is 11.1. The van der Waals surface area contributed by atoms with Crippen molar-refractivity contribution in [2.45, 2.75) is 30.4 Å². The highest BCUT2D eigenvalue weighted by Gasteiger charge is 2.15. The van der Waals surface area contributed by atoms with Crippen LogP contribution in [0.1, 0.15) is 31.2 Å². The molecule has 1 aromatic carbocycles. The van der Waals surface area contributed by atoms with Crippen molar-refractivity contribution in [3.05, 3.63) is 51.0 Å². The van der Waals surface area contributed by atoms with Crippen LogP contribution in [0.4, 0.5) is 0 Å². The van der Waals surface area contributed by atoms with Gasteiger partial charge < -0.3 is 0 Å². The van der Waals surface area contributed by atoms with Gasteiger partial charge in [0.05, 0.1) is 10.8 Å². The number of thioether (sulfide) groups is 1. The largest absolute Gasteiger partial charge is 0.220 e. The molecule has 2 nitrogen and oxygen atoms in total. The summed E-state index contributed by atoms with van der Waals surface area (Å²) in [5.74, 6) is 1.37. The molecule has 0 N–H and O–H groups in total. The van der Waals surface area contributed by atoms with E-state index in [1.165, 1.54) is 0 Å². The molecular weight excluding hydrogens is 335 g/mol. The molecule has 2 rings (SSSR count). The van der Waals surface area contributed by atoms with Crippen molar-refractivity contribution in [3.63, 3.8) is 0 Å². The van der Waals surface area contributed by atoms with Crippen molar-refractivity contribution in [2.24, 2.45) is 0 Å². The summed E-state index contributed by atoms with van der Waals surface area (Å²) >= 11 is 20.0. The molecule has 0 bridgehead atoms. The van der Waals surface area contributed by atoms with Gasteiger partial charge in [-0.25, -0.2) is 9.97 Å². The lowest BCUT2D eigenvalue weighted by Crippen LogP contribution is -2.01. The Hall–Kier alpha value is -0.480. The van der Waals surface area contributed by atoms with Gasteiger partial charge in [-0.3, -0.25) is 0 Å². The molecule has 0 amide bonds. The predicted octanol–water partition coefficient (Wildman–Crippen LogP) is 5.85. The van der Waals surface area contributed by atoms with Crippen molar-refractivity contribution in [1.82, 2.24) is 9.97 Å². The van der Waals surface area contributed by atoms with Gasteiger partial charge in [0.25, 0.3) is 0 Å². The standard InChI is InChI=1S/C14H13Cl3N2S/c1-8(2)12-13(16)18-11(19-14(12)17)7-20-10-6-4-3-5-9(10)15/h3-6,8H,7H2,1-2H3. The average molecular weight is 348 g/mol. The quantitative estimate of drug-likeness (QED) is 0.512. The van der Waals surface area contributed by atoms with Crippen LogP contribution >= 0.6 is 46.6 Å². The summed E-state index contributed by atoms with van der Waals surface area (Å²) in [7, 11) is 0. The van der Waals surface area contributed by atoms with E-state index in [-0.39, 0.29) is 5.92 Å². The van der Waals surface area contributed by atoms with Crippen LogP contribution in [0.2, 0.25) is 15.3 Å². The van der Waals surface area contributed by atoms with Crippen LogP contribution in [0.15, 0.2) is 29.2 Å². The fourth-order valence-electron chi connectivity index (χ4n) is 1.70. The van der Waals surface area contributed by atoms with Crippen LogP contribution in [0.3, 0.4) is 0 Å². The molecule has 106 valence electrons. The van der Waals surface area contributed by atoms with E-state index in [9.17, 15) is 0 Å². The lowest BCUT2D eigenvalue weighted by Gasteiger charge is -2.11. The van der Waals surface area contributed by atoms with Crippen LogP contribution in [-0.2, 0) is 5.75 Å². The first-order valence-electron chi connectivity index (χ1n) is 6.08. The predicted molar refractivity (Wildman–Crippen MR) is 87.2 cm³/mol. The molecule has 0 saturated heterocycles. The molecule has 0 aliphatic rings. The fraction of sp³-hybridized carbons (Fsp3) is 0.286. The van der Waals surface area contributed by atoms with E-state index in [4.69, 9.17) is 34.8 Å². The third-order valence-corrected chi connectivity index (χ3v) is 4.76. The topological polar surface area (TPSA) is 25.8 Å². The van der Waals surface area contributed by atoms with Crippen LogP contribution in [-0.4, -0.2) is 9.97 Å². The smallest absolute Gasteiger partial charge is 0.142 e. The van der Waals surface area contributed by atoms with Gasteiger partial charge in [-0.2, -0.15) is 0 Å². The lowest BCUT2D eigenvalue weighted by molar-refractivity contribution is 0.837. The molecule has 1 heterocycles. The van der Waals surface area contributed by atoms with Gasteiger partial charge in [-0.1, -0.05) is 60.8 Å². The van der Waals surface area contributed by atoms with Crippen molar-refractivity contribution in [1.29, 1.82) is 0 Å². The maximum Gasteiger partial charge on any atom is 0.142 e. The minimum absolute atomic E-state index is 0.195. The maximum atomic E-state index is 6.17. The Kier molecular flexibility index (Phi) is 5.56. The van der Waals surface area contributed by atoms with E-state index in [0.717, 1.165) is 10.5 Å². The second kappa shape index (κ2) is 6.99. The number of aromatic nitrogens is 2. The summed E-state index contributed by atoms with van der Waals surface area (Å²) in [6.45, 7) is 4.02. The number of hydrogen-bond donors (Lipinski definition) is 0. The zero-order valence-corrected chi connectivity index (χ0v) is 14.1. The first-order chi connectivity index (χ1) is 9.49. The Balaban J connectivity index is 2.17. The molecule has 0 saturated carbocycles. The highest BCUT2D eigenvalue weighted by atomic mass is 35.5. The van der Waals surface area contributed by atoms with Crippen LogP contribution in [0.25, 0.3) is 0 Å². The summed E-state index contributed by atoms with van der Waals surface area (Å²) in [4.78, 5) is 9.60. The van der Waals surface area contributed by atoms with E-state index >= 15 is 0 Å². The Labute approximate surface area is 137 Å². The fourth-order valence-corrected chi connectivity index (χ4v) is 3.65. The van der Waals surface area contributed by atoms with Gasteiger partial charge in [-0.05, 0) is 18.1 Å². The summed E-state index contributed by atoms with van der Waals surface area (Å²) in [5, 5.41) is 1.57. The van der Waals surface area contributed by atoms with Gasteiger partial charge in [0.15, 0.2) is 0 Å². The van der Waals surface area contributed by atoms with E-state index in [1.54, 1.807) is 11.8 Å². The maximum absolute atomic E-state index is 6.17. The summed E-state index contributed by atoms with van der Waals surface area (Å²) in [6, 6.07) is 7.65. The van der Waals surface area contributed by atoms with Crippen molar-refractivity contribution in [2.75, 3.05) is 0 Å². The summed E-state index contributed by atoms with van der Waals surface area (Å²) in [6.07, 6.45) is 0. The zero-order chi connectivity index (χ0) is 14.7. The minimum atomic E-state index is 0.195.